The van der Waals surface area contributed by atoms with E-state index in [-0.39, 0.29) is 0 Å². The molecule has 1 aliphatic carbocycles. The molecule has 0 unspecified atom stereocenters. The lowest BCUT2D eigenvalue weighted by molar-refractivity contribution is 0.260. The number of hydrogen-bond donors (Lipinski definition) is 1. The molecule has 1 aromatic rings. The van der Waals surface area contributed by atoms with E-state index in [1.165, 1.54) is 18.4 Å². The maximum absolute atomic E-state index is 8.61. The van der Waals surface area contributed by atoms with Gasteiger partial charge in [0, 0.05) is 31.7 Å². The summed E-state index contributed by atoms with van der Waals surface area (Å²) < 4.78 is 0. The van der Waals surface area contributed by atoms with Gasteiger partial charge in [-0.05, 0) is 24.5 Å². The highest BCUT2D eigenvalue weighted by Gasteiger charge is 2.28. The van der Waals surface area contributed by atoms with E-state index in [4.69, 9.17) is 11.0 Å². The Hall–Kier alpha value is -1.60. The van der Waals surface area contributed by atoms with Crippen molar-refractivity contribution in [2.24, 2.45) is 0 Å². The zero-order chi connectivity index (χ0) is 11.4. The second-order valence-electron chi connectivity index (χ2n) is 4.20. The third-order valence-electron chi connectivity index (χ3n) is 2.81. The van der Waals surface area contributed by atoms with E-state index in [1.807, 2.05) is 18.3 Å². The molecule has 2 rings (SSSR count). The van der Waals surface area contributed by atoms with Crippen molar-refractivity contribution >= 4 is 5.82 Å². The van der Waals surface area contributed by atoms with Crippen molar-refractivity contribution < 1.29 is 0 Å². The first-order valence-electron chi connectivity index (χ1n) is 5.61. The SMILES string of the molecule is N#CCCN(Cc1ccc(N)nc1)C1CC1. The summed E-state index contributed by atoms with van der Waals surface area (Å²) in [6, 6.07) is 6.70. The van der Waals surface area contributed by atoms with Crippen LogP contribution in [0, 0.1) is 11.3 Å². The van der Waals surface area contributed by atoms with Gasteiger partial charge in [0.1, 0.15) is 5.82 Å². The highest BCUT2D eigenvalue weighted by molar-refractivity contribution is 5.29. The third-order valence-corrected chi connectivity index (χ3v) is 2.81. The molecule has 0 aromatic carbocycles. The highest BCUT2D eigenvalue weighted by atomic mass is 15.2. The van der Waals surface area contributed by atoms with Crippen LogP contribution in [0.1, 0.15) is 24.8 Å². The van der Waals surface area contributed by atoms with Crippen LogP contribution in [0.4, 0.5) is 5.82 Å². The average molecular weight is 216 g/mol. The smallest absolute Gasteiger partial charge is 0.123 e. The molecular weight excluding hydrogens is 200 g/mol. The summed E-state index contributed by atoms with van der Waals surface area (Å²) in [5, 5.41) is 8.61. The molecule has 84 valence electrons. The fraction of sp³-hybridized carbons (Fsp3) is 0.500. The maximum atomic E-state index is 8.61. The number of nitriles is 1. The topological polar surface area (TPSA) is 65.9 Å². The minimum Gasteiger partial charge on any atom is -0.384 e. The molecule has 0 bridgehead atoms. The van der Waals surface area contributed by atoms with Crippen LogP contribution in [-0.2, 0) is 6.54 Å². The maximum Gasteiger partial charge on any atom is 0.123 e. The fourth-order valence-electron chi connectivity index (χ4n) is 1.79. The predicted octanol–water partition coefficient (Wildman–Crippen LogP) is 1.54. The Morgan fingerprint density at radius 2 is 2.31 bits per heavy atom. The van der Waals surface area contributed by atoms with Crippen LogP contribution >= 0.6 is 0 Å². The van der Waals surface area contributed by atoms with Crippen LogP contribution in [0.2, 0.25) is 0 Å². The molecule has 0 aliphatic heterocycles. The summed E-state index contributed by atoms with van der Waals surface area (Å²) in [6.45, 7) is 1.73. The van der Waals surface area contributed by atoms with Crippen LogP contribution in [0.15, 0.2) is 18.3 Å². The van der Waals surface area contributed by atoms with Crippen molar-refractivity contribution in [1.29, 1.82) is 5.26 Å². The Labute approximate surface area is 95.7 Å². The van der Waals surface area contributed by atoms with Gasteiger partial charge < -0.3 is 5.73 Å². The van der Waals surface area contributed by atoms with E-state index in [1.54, 1.807) is 0 Å². The molecule has 0 radical (unpaired) electrons. The molecule has 4 nitrogen and oxygen atoms in total. The number of aromatic nitrogens is 1. The van der Waals surface area contributed by atoms with Crippen molar-refractivity contribution in [3.63, 3.8) is 0 Å². The second-order valence-corrected chi connectivity index (χ2v) is 4.20. The number of nitrogen functional groups attached to an aromatic ring is 1. The molecule has 0 amide bonds. The Kier molecular flexibility index (Phi) is 3.37. The number of nitrogens with two attached hydrogens (primary N) is 1. The minimum absolute atomic E-state index is 0.554. The average Bonchev–Trinajstić information content (AvgIpc) is 3.11. The molecule has 0 atom stereocenters. The lowest BCUT2D eigenvalue weighted by Gasteiger charge is -2.20. The minimum atomic E-state index is 0.554. The largest absolute Gasteiger partial charge is 0.384 e. The second kappa shape index (κ2) is 4.95. The zero-order valence-corrected chi connectivity index (χ0v) is 9.26. The first kappa shape index (κ1) is 10.9. The van der Waals surface area contributed by atoms with Crippen LogP contribution < -0.4 is 5.73 Å². The van der Waals surface area contributed by atoms with Crippen molar-refractivity contribution in [2.75, 3.05) is 12.3 Å². The molecule has 0 spiro atoms. The Bertz CT molecular complexity index is 375. The van der Waals surface area contributed by atoms with Crippen LogP contribution in [0.25, 0.3) is 0 Å². The zero-order valence-electron chi connectivity index (χ0n) is 9.26. The predicted molar refractivity (Wildman–Crippen MR) is 62.3 cm³/mol. The summed E-state index contributed by atoms with van der Waals surface area (Å²) in [5.74, 6) is 0.554. The van der Waals surface area contributed by atoms with Crippen LogP contribution in [0.3, 0.4) is 0 Å². The van der Waals surface area contributed by atoms with Crippen molar-refractivity contribution in [1.82, 2.24) is 9.88 Å². The van der Waals surface area contributed by atoms with Crippen molar-refractivity contribution in [2.45, 2.75) is 31.8 Å². The molecule has 1 aliphatic rings. The summed E-state index contributed by atoms with van der Waals surface area (Å²) in [4.78, 5) is 6.44. The van der Waals surface area contributed by atoms with E-state index in [0.29, 0.717) is 18.3 Å². The summed E-state index contributed by atoms with van der Waals surface area (Å²) >= 11 is 0. The van der Waals surface area contributed by atoms with Crippen LogP contribution in [-0.4, -0.2) is 22.5 Å². The molecule has 4 heteroatoms. The van der Waals surface area contributed by atoms with Gasteiger partial charge in [-0.15, -0.1) is 0 Å². The first-order valence-corrected chi connectivity index (χ1v) is 5.61. The van der Waals surface area contributed by atoms with Gasteiger partial charge in [-0.3, -0.25) is 4.90 Å². The molecule has 16 heavy (non-hydrogen) atoms. The molecule has 1 heterocycles. The van der Waals surface area contributed by atoms with E-state index in [9.17, 15) is 0 Å². The number of nitrogens with zero attached hydrogens (tertiary/aromatic N) is 3. The highest BCUT2D eigenvalue weighted by Crippen LogP contribution is 2.28. The van der Waals surface area contributed by atoms with E-state index < -0.39 is 0 Å². The number of hydrogen-bond acceptors (Lipinski definition) is 4. The van der Waals surface area contributed by atoms with Gasteiger partial charge in [-0.25, -0.2) is 4.98 Å². The molecular formula is C12H16N4. The Balaban J connectivity index is 1.94. The number of pyridine rings is 1. The number of anilines is 1. The Morgan fingerprint density at radius 1 is 1.50 bits per heavy atom. The van der Waals surface area contributed by atoms with Gasteiger partial charge in [0.25, 0.3) is 0 Å². The first-order chi connectivity index (χ1) is 7.79. The van der Waals surface area contributed by atoms with Gasteiger partial charge in [0.05, 0.1) is 6.07 Å². The van der Waals surface area contributed by atoms with E-state index >= 15 is 0 Å². The van der Waals surface area contributed by atoms with Gasteiger partial charge in [0.15, 0.2) is 0 Å². The van der Waals surface area contributed by atoms with Crippen molar-refractivity contribution in [3.05, 3.63) is 23.9 Å². The van der Waals surface area contributed by atoms with E-state index in [2.05, 4.69) is 16.0 Å². The number of rotatable bonds is 5. The molecule has 1 saturated carbocycles. The normalized spacial score (nSPS) is 15.0. The molecule has 0 saturated heterocycles. The van der Waals surface area contributed by atoms with Gasteiger partial charge >= 0.3 is 0 Å². The van der Waals surface area contributed by atoms with Gasteiger partial charge in [-0.1, -0.05) is 6.07 Å². The lowest BCUT2D eigenvalue weighted by Crippen LogP contribution is -2.26. The fourth-order valence-corrected chi connectivity index (χ4v) is 1.79. The quantitative estimate of drug-likeness (QED) is 0.810. The summed E-state index contributed by atoms with van der Waals surface area (Å²) in [6.07, 6.45) is 4.93. The van der Waals surface area contributed by atoms with Gasteiger partial charge in [0.2, 0.25) is 0 Å². The van der Waals surface area contributed by atoms with E-state index in [0.717, 1.165) is 13.1 Å². The summed E-state index contributed by atoms with van der Waals surface area (Å²) in [7, 11) is 0. The molecule has 1 fully saturated rings. The van der Waals surface area contributed by atoms with Crippen LogP contribution in [0.5, 0.6) is 0 Å². The molecule has 2 N–H and O–H groups in total. The summed E-state index contributed by atoms with van der Waals surface area (Å²) in [5.41, 5.74) is 6.71. The monoisotopic (exact) mass is 216 g/mol. The molecule has 1 aromatic heterocycles. The standard InChI is InChI=1S/C12H16N4/c13-6-1-7-16(11-3-4-11)9-10-2-5-12(14)15-8-10/h2,5,8,11H,1,3-4,7,9H2,(H2,14,15). The lowest BCUT2D eigenvalue weighted by atomic mass is 10.2. The third kappa shape index (κ3) is 2.94. The van der Waals surface area contributed by atoms with Crippen molar-refractivity contribution in [3.8, 4) is 6.07 Å². The van der Waals surface area contributed by atoms with Gasteiger partial charge in [-0.2, -0.15) is 5.26 Å². The Morgan fingerprint density at radius 3 is 2.88 bits per heavy atom.